The summed E-state index contributed by atoms with van der Waals surface area (Å²) in [5.74, 6) is -0.888. The van der Waals surface area contributed by atoms with Gasteiger partial charge in [-0.1, -0.05) is 0 Å². The average molecular weight is 261 g/mol. The maximum absolute atomic E-state index is 13.7. The van der Waals surface area contributed by atoms with Gasteiger partial charge in [0, 0.05) is 12.2 Å². The Kier molecular flexibility index (Phi) is 4.00. The normalized spacial score (nSPS) is 22.5. The highest BCUT2D eigenvalue weighted by atomic mass is 35.5. The molecule has 1 aromatic carbocycles. The fourth-order valence-electron chi connectivity index (χ4n) is 2.07. The summed E-state index contributed by atoms with van der Waals surface area (Å²) in [5, 5.41) is -0.620. The lowest BCUT2D eigenvalue weighted by atomic mass is 9.99. The molecule has 2 rings (SSSR count). The van der Waals surface area contributed by atoms with Crippen molar-refractivity contribution < 1.29 is 13.5 Å². The number of hydrogen-bond donors (Lipinski definition) is 0. The highest BCUT2D eigenvalue weighted by Gasteiger charge is 2.27. The van der Waals surface area contributed by atoms with Gasteiger partial charge in [0.25, 0.3) is 0 Å². The van der Waals surface area contributed by atoms with Crippen LogP contribution in [-0.4, -0.2) is 12.7 Å². The van der Waals surface area contributed by atoms with Crippen LogP contribution in [-0.2, 0) is 4.74 Å². The fraction of sp³-hybridized carbons (Fsp3) is 0.538. The molecule has 0 spiro atoms. The fourth-order valence-corrected chi connectivity index (χ4v) is 2.44. The van der Waals surface area contributed by atoms with Gasteiger partial charge in [0.05, 0.1) is 11.5 Å². The zero-order chi connectivity index (χ0) is 12.4. The van der Waals surface area contributed by atoms with Crippen LogP contribution in [0.25, 0.3) is 0 Å². The second-order valence-electron chi connectivity index (χ2n) is 4.43. The quantitative estimate of drug-likeness (QED) is 0.727. The molecule has 0 radical (unpaired) electrons. The van der Waals surface area contributed by atoms with Crippen LogP contribution in [0.15, 0.2) is 12.1 Å². The van der Waals surface area contributed by atoms with E-state index in [2.05, 4.69) is 0 Å². The summed E-state index contributed by atoms with van der Waals surface area (Å²) in [7, 11) is 0. The molecular weight excluding hydrogens is 246 g/mol. The maximum atomic E-state index is 13.7. The van der Waals surface area contributed by atoms with E-state index in [1.54, 1.807) is 0 Å². The molecule has 4 heteroatoms. The molecule has 0 saturated carbocycles. The molecule has 0 amide bonds. The third kappa shape index (κ3) is 2.78. The average Bonchev–Trinajstić information content (AvgIpc) is 2.34. The number of hydrogen-bond acceptors (Lipinski definition) is 1. The van der Waals surface area contributed by atoms with E-state index >= 15 is 0 Å². The van der Waals surface area contributed by atoms with Gasteiger partial charge in [-0.15, -0.1) is 11.6 Å². The summed E-state index contributed by atoms with van der Waals surface area (Å²) in [6, 6.07) is 2.36. The second kappa shape index (κ2) is 5.32. The van der Waals surface area contributed by atoms with Crippen molar-refractivity contribution in [2.75, 3.05) is 6.61 Å². The Morgan fingerprint density at radius 1 is 1.29 bits per heavy atom. The predicted octanol–water partition coefficient (Wildman–Crippen LogP) is 4.12. The van der Waals surface area contributed by atoms with Crippen molar-refractivity contribution in [1.29, 1.82) is 0 Å². The highest BCUT2D eigenvalue weighted by molar-refractivity contribution is 6.21. The smallest absolute Gasteiger partial charge is 0.128 e. The van der Waals surface area contributed by atoms with Crippen molar-refractivity contribution >= 4 is 11.6 Å². The first-order valence-corrected chi connectivity index (χ1v) is 6.24. The van der Waals surface area contributed by atoms with Gasteiger partial charge in [-0.05, 0) is 43.9 Å². The molecule has 1 aliphatic heterocycles. The molecule has 94 valence electrons. The Hall–Kier alpha value is -0.670. The van der Waals surface area contributed by atoms with Crippen molar-refractivity contribution in [3.05, 3.63) is 34.9 Å². The largest absolute Gasteiger partial charge is 0.376 e. The van der Waals surface area contributed by atoms with Crippen molar-refractivity contribution in [2.24, 2.45) is 0 Å². The lowest BCUT2D eigenvalue weighted by Gasteiger charge is -2.27. The minimum atomic E-state index is -0.620. The number of rotatable bonds is 2. The van der Waals surface area contributed by atoms with Gasteiger partial charge < -0.3 is 4.74 Å². The van der Waals surface area contributed by atoms with Crippen molar-refractivity contribution in [3.8, 4) is 0 Å². The zero-order valence-electron chi connectivity index (χ0n) is 9.68. The molecule has 1 aromatic rings. The number of halogens is 3. The number of alkyl halides is 1. The Labute approximate surface area is 105 Å². The Balaban J connectivity index is 2.23. The van der Waals surface area contributed by atoms with E-state index in [9.17, 15) is 8.78 Å². The van der Waals surface area contributed by atoms with E-state index in [-0.39, 0.29) is 11.7 Å². The highest BCUT2D eigenvalue weighted by Crippen LogP contribution is 2.34. The summed E-state index contributed by atoms with van der Waals surface area (Å²) in [5.41, 5.74) is 0.487. The summed E-state index contributed by atoms with van der Waals surface area (Å²) in [6.07, 6.45) is 2.60. The van der Waals surface area contributed by atoms with Crippen LogP contribution < -0.4 is 0 Å². The number of aryl methyl sites for hydroxylation is 1. The molecule has 0 N–H and O–H groups in total. The van der Waals surface area contributed by atoms with Crippen LogP contribution in [0.5, 0.6) is 0 Å². The Morgan fingerprint density at radius 2 is 2.06 bits per heavy atom. The summed E-state index contributed by atoms with van der Waals surface area (Å²) in [4.78, 5) is 0. The van der Waals surface area contributed by atoms with Crippen molar-refractivity contribution in [3.63, 3.8) is 0 Å². The molecule has 1 heterocycles. The van der Waals surface area contributed by atoms with E-state index < -0.39 is 17.0 Å². The van der Waals surface area contributed by atoms with E-state index in [0.717, 1.165) is 19.3 Å². The van der Waals surface area contributed by atoms with Gasteiger partial charge >= 0.3 is 0 Å². The molecule has 1 fully saturated rings. The molecule has 0 aliphatic carbocycles. The third-order valence-electron chi connectivity index (χ3n) is 3.12. The molecule has 1 saturated heterocycles. The standard InChI is InChI=1S/C13H15ClF2O/c1-8-6-11(16)9(7-10(8)15)13(14)12-4-2-3-5-17-12/h6-7,12-13H,2-5H2,1H3. The second-order valence-corrected chi connectivity index (χ2v) is 4.90. The van der Waals surface area contributed by atoms with E-state index in [0.29, 0.717) is 12.2 Å². The summed E-state index contributed by atoms with van der Waals surface area (Å²) >= 11 is 6.18. The van der Waals surface area contributed by atoms with Crippen LogP contribution in [0.4, 0.5) is 8.78 Å². The molecule has 0 aromatic heterocycles. The third-order valence-corrected chi connectivity index (χ3v) is 3.63. The van der Waals surface area contributed by atoms with Crippen LogP contribution in [0.2, 0.25) is 0 Å². The molecule has 0 bridgehead atoms. The summed E-state index contributed by atoms with van der Waals surface area (Å²) < 4.78 is 32.6. The van der Waals surface area contributed by atoms with Gasteiger partial charge in [-0.25, -0.2) is 8.78 Å². The monoisotopic (exact) mass is 260 g/mol. The first-order chi connectivity index (χ1) is 8.09. The topological polar surface area (TPSA) is 9.23 Å². The van der Waals surface area contributed by atoms with Crippen molar-refractivity contribution in [2.45, 2.75) is 37.7 Å². The molecule has 1 aliphatic rings. The Morgan fingerprint density at radius 3 is 2.71 bits per heavy atom. The molecule has 1 nitrogen and oxygen atoms in total. The lowest BCUT2D eigenvalue weighted by molar-refractivity contribution is 0.0130. The molecule has 2 atom stereocenters. The minimum absolute atomic E-state index is 0.196. The van der Waals surface area contributed by atoms with Gasteiger partial charge in [0.15, 0.2) is 0 Å². The van der Waals surface area contributed by atoms with E-state index in [1.165, 1.54) is 19.1 Å². The Bertz CT molecular complexity index is 403. The zero-order valence-corrected chi connectivity index (χ0v) is 10.4. The number of benzene rings is 1. The van der Waals surface area contributed by atoms with Gasteiger partial charge in [-0.2, -0.15) is 0 Å². The first kappa shape index (κ1) is 12.8. The van der Waals surface area contributed by atoms with Crippen LogP contribution in [0.1, 0.15) is 35.8 Å². The van der Waals surface area contributed by atoms with Crippen LogP contribution in [0.3, 0.4) is 0 Å². The van der Waals surface area contributed by atoms with Gasteiger partial charge in [0.2, 0.25) is 0 Å². The minimum Gasteiger partial charge on any atom is -0.376 e. The molecule has 17 heavy (non-hydrogen) atoms. The predicted molar refractivity (Wildman–Crippen MR) is 63.3 cm³/mol. The molecule has 2 unspecified atom stereocenters. The van der Waals surface area contributed by atoms with E-state index in [1.807, 2.05) is 0 Å². The lowest BCUT2D eigenvalue weighted by Crippen LogP contribution is -2.24. The molecular formula is C13H15ClF2O. The SMILES string of the molecule is Cc1cc(F)c(C(Cl)C2CCCCO2)cc1F. The number of ether oxygens (including phenoxy) is 1. The van der Waals surface area contributed by atoms with Crippen LogP contribution >= 0.6 is 11.6 Å². The van der Waals surface area contributed by atoms with Crippen molar-refractivity contribution in [1.82, 2.24) is 0 Å². The maximum Gasteiger partial charge on any atom is 0.128 e. The van der Waals surface area contributed by atoms with Gasteiger partial charge in [0.1, 0.15) is 11.6 Å². The first-order valence-electron chi connectivity index (χ1n) is 5.81. The van der Waals surface area contributed by atoms with Crippen LogP contribution in [0, 0.1) is 18.6 Å². The van der Waals surface area contributed by atoms with E-state index in [4.69, 9.17) is 16.3 Å². The van der Waals surface area contributed by atoms with Gasteiger partial charge in [-0.3, -0.25) is 0 Å². The summed E-state index contributed by atoms with van der Waals surface area (Å²) in [6.45, 7) is 2.17.